The summed E-state index contributed by atoms with van der Waals surface area (Å²) in [6, 6.07) is 26.9. The van der Waals surface area contributed by atoms with Crippen molar-refractivity contribution in [3.63, 3.8) is 0 Å². The molecule has 0 aliphatic rings. The molecule has 158 valence electrons. The van der Waals surface area contributed by atoms with Crippen LogP contribution in [0, 0.1) is 0 Å². The molecule has 0 spiro atoms. The maximum atomic E-state index is 4.88. The molecule has 0 saturated heterocycles. The Bertz CT molecular complexity index is 1530. The van der Waals surface area contributed by atoms with Gasteiger partial charge in [0.1, 0.15) is 5.82 Å². The van der Waals surface area contributed by atoms with E-state index in [1.165, 1.54) is 15.0 Å². The second kappa shape index (κ2) is 8.41. The Morgan fingerprint density at radius 1 is 0.788 bits per heavy atom. The van der Waals surface area contributed by atoms with Crippen LogP contribution in [0.5, 0.6) is 0 Å². The van der Waals surface area contributed by atoms with E-state index in [0.29, 0.717) is 12.4 Å². The molecule has 4 aromatic heterocycles. The fraction of sp³-hybridized carbons (Fsp3) is 0.0370. The first-order valence-electron chi connectivity index (χ1n) is 10.7. The Labute approximate surface area is 194 Å². The van der Waals surface area contributed by atoms with Gasteiger partial charge in [-0.1, -0.05) is 30.3 Å². The molecule has 0 fully saturated rings. The van der Waals surface area contributed by atoms with Gasteiger partial charge in [-0.3, -0.25) is 9.97 Å². The third-order valence-corrected chi connectivity index (χ3v) is 6.65. The highest BCUT2D eigenvalue weighted by Crippen LogP contribution is 2.36. The summed E-state index contributed by atoms with van der Waals surface area (Å²) in [5.74, 6) is 1.43. The van der Waals surface area contributed by atoms with E-state index in [9.17, 15) is 0 Å². The van der Waals surface area contributed by atoms with Crippen LogP contribution >= 0.6 is 11.3 Å². The van der Waals surface area contributed by atoms with Gasteiger partial charge in [-0.2, -0.15) is 0 Å². The molecule has 2 aromatic carbocycles. The van der Waals surface area contributed by atoms with Crippen molar-refractivity contribution < 1.29 is 0 Å². The van der Waals surface area contributed by atoms with E-state index in [0.717, 1.165) is 33.5 Å². The summed E-state index contributed by atoms with van der Waals surface area (Å²) >= 11 is 1.80. The highest BCUT2D eigenvalue weighted by atomic mass is 32.1. The van der Waals surface area contributed by atoms with E-state index in [1.54, 1.807) is 29.9 Å². The Morgan fingerprint density at radius 3 is 2.58 bits per heavy atom. The van der Waals surface area contributed by atoms with Crippen LogP contribution in [0.1, 0.15) is 5.69 Å². The zero-order valence-electron chi connectivity index (χ0n) is 17.6. The molecule has 0 atom stereocenters. The topological polar surface area (TPSA) is 63.6 Å². The molecule has 5 nitrogen and oxygen atoms in total. The van der Waals surface area contributed by atoms with Gasteiger partial charge in [0, 0.05) is 39.1 Å². The molecule has 33 heavy (non-hydrogen) atoms. The first-order chi connectivity index (χ1) is 16.3. The molecule has 0 radical (unpaired) electrons. The van der Waals surface area contributed by atoms with Crippen molar-refractivity contribution in [2.45, 2.75) is 6.54 Å². The Hall–Kier alpha value is -4.16. The third kappa shape index (κ3) is 3.92. The van der Waals surface area contributed by atoms with E-state index >= 15 is 0 Å². The second-order valence-corrected chi connectivity index (χ2v) is 8.78. The molecule has 0 bridgehead atoms. The van der Waals surface area contributed by atoms with E-state index < -0.39 is 0 Å². The van der Waals surface area contributed by atoms with Gasteiger partial charge in [-0.25, -0.2) is 9.97 Å². The lowest BCUT2D eigenvalue weighted by atomic mass is 10.1. The van der Waals surface area contributed by atoms with Crippen LogP contribution in [-0.2, 0) is 6.54 Å². The summed E-state index contributed by atoms with van der Waals surface area (Å²) in [6.07, 6.45) is 5.34. The zero-order valence-corrected chi connectivity index (χ0v) is 18.5. The number of nitrogens with zero attached hydrogens (tertiary/aromatic N) is 4. The molecule has 0 aliphatic carbocycles. The third-order valence-electron chi connectivity index (χ3n) is 5.49. The van der Waals surface area contributed by atoms with Crippen molar-refractivity contribution in [1.82, 2.24) is 19.9 Å². The monoisotopic (exact) mass is 445 g/mol. The first kappa shape index (κ1) is 19.5. The van der Waals surface area contributed by atoms with Crippen LogP contribution in [0.3, 0.4) is 0 Å². The van der Waals surface area contributed by atoms with Crippen molar-refractivity contribution >= 4 is 38.1 Å². The Morgan fingerprint density at radius 2 is 1.73 bits per heavy atom. The van der Waals surface area contributed by atoms with E-state index in [2.05, 4.69) is 63.8 Å². The molecule has 0 aliphatic heterocycles. The fourth-order valence-electron chi connectivity index (χ4n) is 3.84. The molecule has 1 N–H and O–H groups in total. The fourth-order valence-corrected chi connectivity index (χ4v) is 4.90. The molecule has 4 heterocycles. The van der Waals surface area contributed by atoms with Crippen LogP contribution in [0.2, 0.25) is 0 Å². The molecular weight excluding hydrogens is 426 g/mol. The number of thiophene rings is 1. The molecule has 0 unspecified atom stereocenters. The van der Waals surface area contributed by atoms with E-state index in [4.69, 9.17) is 9.97 Å². The number of anilines is 1. The van der Waals surface area contributed by atoms with Crippen molar-refractivity contribution in [3.8, 4) is 21.8 Å². The zero-order chi connectivity index (χ0) is 22.0. The minimum absolute atomic E-state index is 0.576. The number of benzene rings is 2. The van der Waals surface area contributed by atoms with Gasteiger partial charge in [0.15, 0.2) is 5.82 Å². The van der Waals surface area contributed by atoms with Gasteiger partial charge in [0.2, 0.25) is 0 Å². The van der Waals surface area contributed by atoms with Crippen LogP contribution < -0.4 is 5.32 Å². The standard InChI is InChI=1S/C27H19N5S/c1-2-9-24-18(6-1)15-25(33-24)19-10-11-23-22(14-19)27(30-17-21-8-3-4-13-29-21)32-26(31-23)20-7-5-12-28-16-20/h1-16H,17H2,(H,30,31,32). The predicted molar refractivity (Wildman–Crippen MR) is 135 cm³/mol. The lowest BCUT2D eigenvalue weighted by Crippen LogP contribution is -2.05. The quantitative estimate of drug-likeness (QED) is 0.325. The number of pyridine rings is 2. The molecule has 6 heteroatoms. The van der Waals surface area contributed by atoms with Crippen molar-refractivity contribution in [2.24, 2.45) is 0 Å². The summed E-state index contributed by atoms with van der Waals surface area (Å²) < 4.78 is 1.28. The average molecular weight is 446 g/mol. The summed E-state index contributed by atoms with van der Waals surface area (Å²) in [5.41, 5.74) is 3.88. The summed E-state index contributed by atoms with van der Waals surface area (Å²) in [4.78, 5) is 19.6. The van der Waals surface area contributed by atoms with Gasteiger partial charge >= 0.3 is 0 Å². The summed E-state index contributed by atoms with van der Waals surface area (Å²) in [5, 5.41) is 5.73. The number of aromatic nitrogens is 4. The maximum absolute atomic E-state index is 4.88. The number of rotatable bonds is 5. The highest BCUT2D eigenvalue weighted by molar-refractivity contribution is 7.22. The van der Waals surface area contributed by atoms with Crippen LogP contribution in [0.15, 0.2) is 97.5 Å². The lowest BCUT2D eigenvalue weighted by Gasteiger charge is -2.12. The maximum Gasteiger partial charge on any atom is 0.163 e. The average Bonchev–Trinajstić information content (AvgIpc) is 3.32. The van der Waals surface area contributed by atoms with E-state index in [1.807, 2.05) is 30.3 Å². The van der Waals surface area contributed by atoms with Crippen LogP contribution in [0.4, 0.5) is 5.82 Å². The Balaban J connectivity index is 1.47. The first-order valence-corrected chi connectivity index (χ1v) is 11.5. The number of fused-ring (bicyclic) bond motifs is 2. The highest BCUT2D eigenvalue weighted by Gasteiger charge is 2.12. The molecular formula is C27H19N5S. The Kier molecular flexibility index (Phi) is 4.97. The second-order valence-electron chi connectivity index (χ2n) is 7.69. The van der Waals surface area contributed by atoms with Gasteiger partial charge in [-0.15, -0.1) is 11.3 Å². The predicted octanol–water partition coefficient (Wildman–Crippen LogP) is 6.58. The van der Waals surface area contributed by atoms with Gasteiger partial charge in [0.25, 0.3) is 0 Å². The van der Waals surface area contributed by atoms with Crippen LogP contribution in [0.25, 0.3) is 42.8 Å². The number of hydrogen-bond donors (Lipinski definition) is 1. The molecule has 6 aromatic rings. The summed E-state index contributed by atoms with van der Waals surface area (Å²) in [7, 11) is 0. The largest absolute Gasteiger partial charge is 0.364 e. The molecule has 6 rings (SSSR count). The van der Waals surface area contributed by atoms with Crippen molar-refractivity contribution in [1.29, 1.82) is 0 Å². The molecule has 0 saturated carbocycles. The number of hydrogen-bond acceptors (Lipinski definition) is 6. The smallest absolute Gasteiger partial charge is 0.163 e. The van der Waals surface area contributed by atoms with Crippen LogP contribution in [-0.4, -0.2) is 19.9 Å². The normalized spacial score (nSPS) is 11.2. The van der Waals surface area contributed by atoms with Gasteiger partial charge in [-0.05, 0) is 59.5 Å². The van der Waals surface area contributed by atoms with E-state index in [-0.39, 0.29) is 0 Å². The lowest BCUT2D eigenvalue weighted by molar-refractivity contribution is 1.03. The minimum atomic E-state index is 0.576. The molecule has 0 amide bonds. The van der Waals surface area contributed by atoms with Crippen molar-refractivity contribution in [2.75, 3.05) is 5.32 Å². The minimum Gasteiger partial charge on any atom is -0.364 e. The number of nitrogens with one attached hydrogen (secondary N) is 1. The summed E-state index contributed by atoms with van der Waals surface area (Å²) in [6.45, 7) is 0.576. The van der Waals surface area contributed by atoms with Crippen molar-refractivity contribution in [3.05, 3.63) is 103 Å². The SMILES string of the molecule is c1ccc(CNc2nc(-c3cccnc3)nc3ccc(-c4cc5ccccc5s4)cc23)nc1. The van der Waals surface area contributed by atoms with Gasteiger partial charge < -0.3 is 5.32 Å². The van der Waals surface area contributed by atoms with Gasteiger partial charge in [0.05, 0.1) is 17.8 Å².